The first-order valence-corrected chi connectivity index (χ1v) is 5.80. The highest BCUT2D eigenvalue weighted by molar-refractivity contribution is 5.90. The molecule has 16 heavy (non-hydrogen) atoms. The van der Waals surface area contributed by atoms with Gasteiger partial charge in [-0.2, -0.15) is 0 Å². The number of carboxylic acids is 1. The quantitative estimate of drug-likeness (QED) is 0.640. The van der Waals surface area contributed by atoms with Crippen molar-refractivity contribution >= 4 is 11.9 Å². The number of nitrogens with one attached hydrogen (secondary N) is 2. The molecule has 0 spiro atoms. The van der Waals surface area contributed by atoms with Crippen molar-refractivity contribution in [2.45, 2.75) is 51.1 Å². The summed E-state index contributed by atoms with van der Waals surface area (Å²) in [7, 11) is 0. The smallest absolute Gasteiger partial charge is 0.325 e. The van der Waals surface area contributed by atoms with Gasteiger partial charge in [-0.05, 0) is 32.7 Å². The van der Waals surface area contributed by atoms with Crippen LogP contribution in [-0.2, 0) is 9.59 Å². The lowest BCUT2D eigenvalue weighted by atomic mass is 9.90. The molecular formula is C11H20N2O3. The number of carbonyl (C=O) groups is 2. The van der Waals surface area contributed by atoms with Gasteiger partial charge in [-0.1, -0.05) is 13.3 Å². The summed E-state index contributed by atoms with van der Waals surface area (Å²) in [6, 6.07) is -0.830. The number of amides is 1. The average Bonchev–Trinajstić information content (AvgIpc) is 2.68. The third-order valence-corrected chi connectivity index (χ3v) is 3.07. The Hall–Kier alpha value is -1.10. The molecule has 0 bridgehead atoms. The molecule has 1 heterocycles. The number of hydrogen-bond acceptors (Lipinski definition) is 3. The van der Waals surface area contributed by atoms with Crippen LogP contribution in [0.4, 0.5) is 0 Å². The second-order valence-electron chi connectivity index (χ2n) is 4.40. The molecule has 0 aliphatic carbocycles. The Labute approximate surface area is 95.6 Å². The van der Waals surface area contributed by atoms with Crippen molar-refractivity contribution in [1.29, 1.82) is 0 Å². The summed E-state index contributed by atoms with van der Waals surface area (Å²) < 4.78 is 0. The first-order valence-electron chi connectivity index (χ1n) is 5.80. The number of hydrogen-bond donors (Lipinski definition) is 3. The zero-order valence-corrected chi connectivity index (χ0v) is 9.88. The van der Waals surface area contributed by atoms with E-state index in [2.05, 4.69) is 10.6 Å². The summed E-state index contributed by atoms with van der Waals surface area (Å²) in [5.41, 5.74) is -0.543. The van der Waals surface area contributed by atoms with E-state index in [1.807, 2.05) is 6.92 Å². The molecule has 1 rings (SSSR count). The second-order valence-corrected chi connectivity index (χ2v) is 4.40. The van der Waals surface area contributed by atoms with Gasteiger partial charge in [0.2, 0.25) is 5.91 Å². The van der Waals surface area contributed by atoms with E-state index in [-0.39, 0.29) is 5.91 Å². The standard InChI is InChI=1S/C11H20N2O3/c1-3-5-11(6-4-7-12-11)10(16)13-8(2)9(14)15/h8,12H,3-7H2,1-2H3,(H,13,16)(H,14,15). The van der Waals surface area contributed by atoms with E-state index < -0.39 is 17.6 Å². The highest BCUT2D eigenvalue weighted by Crippen LogP contribution is 2.25. The predicted molar refractivity (Wildman–Crippen MR) is 60.1 cm³/mol. The zero-order valence-electron chi connectivity index (χ0n) is 9.88. The molecule has 92 valence electrons. The van der Waals surface area contributed by atoms with Crippen LogP contribution in [0.3, 0.4) is 0 Å². The average molecular weight is 228 g/mol. The van der Waals surface area contributed by atoms with Crippen LogP contribution in [0.2, 0.25) is 0 Å². The molecule has 0 aromatic heterocycles. The predicted octanol–water partition coefficient (Wildman–Crippen LogP) is 0.498. The maximum Gasteiger partial charge on any atom is 0.325 e. The lowest BCUT2D eigenvalue weighted by Gasteiger charge is -2.28. The number of carboxylic acid groups (broad SMARTS) is 1. The first kappa shape index (κ1) is 13.0. The fraction of sp³-hybridized carbons (Fsp3) is 0.818. The van der Waals surface area contributed by atoms with Gasteiger partial charge in [0.15, 0.2) is 0 Å². The molecule has 1 aliphatic rings. The molecule has 3 N–H and O–H groups in total. The lowest BCUT2D eigenvalue weighted by molar-refractivity contribution is -0.142. The molecule has 1 fully saturated rings. The number of aliphatic carboxylic acids is 1. The molecule has 1 amide bonds. The van der Waals surface area contributed by atoms with Gasteiger partial charge in [-0.3, -0.25) is 9.59 Å². The molecular weight excluding hydrogens is 208 g/mol. The minimum Gasteiger partial charge on any atom is -0.480 e. The number of rotatable bonds is 5. The number of carbonyl (C=O) groups excluding carboxylic acids is 1. The molecule has 5 nitrogen and oxygen atoms in total. The van der Waals surface area contributed by atoms with Crippen LogP contribution in [0.25, 0.3) is 0 Å². The Morgan fingerprint density at radius 3 is 2.69 bits per heavy atom. The van der Waals surface area contributed by atoms with Crippen LogP contribution < -0.4 is 10.6 Å². The molecule has 0 radical (unpaired) electrons. The van der Waals surface area contributed by atoms with Gasteiger partial charge >= 0.3 is 5.97 Å². The Morgan fingerprint density at radius 1 is 1.56 bits per heavy atom. The zero-order chi connectivity index (χ0) is 12.2. The van der Waals surface area contributed by atoms with Crippen LogP contribution >= 0.6 is 0 Å². The maximum atomic E-state index is 12.0. The van der Waals surface area contributed by atoms with E-state index in [9.17, 15) is 9.59 Å². The molecule has 2 atom stereocenters. The normalized spacial score (nSPS) is 26.4. The van der Waals surface area contributed by atoms with E-state index in [1.165, 1.54) is 6.92 Å². The summed E-state index contributed by atoms with van der Waals surface area (Å²) in [6.45, 7) is 4.33. The third kappa shape index (κ3) is 2.72. The topological polar surface area (TPSA) is 78.4 Å². The van der Waals surface area contributed by atoms with Crippen LogP contribution in [0.1, 0.15) is 39.5 Å². The van der Waals surface area contributed by atoms with Crippen molar-refractivity contribution < 1.29 is 14.7 Å². The van der Waals surface area contributed by atoms with E-state index in [1.54, 1.807) is 0 Å². The van der Waals surface area contributed by atoms with Gasteiger partial charge in [-0.25, -0.2) is 0 Å². The molecule has 0 saturated carbocycles. The Kier molecular flexibility index (Phi) is 4.29. The lowest BCUT2D eigenvalue weighted by Crippen LogP contribution is -2.56. The van der Waals surface area contributed by atoms with E-state index in [0.717, 1.165) is 32.2 Å². The van der Waals surface area contributed by atoms with Gasteiger partial charge in [0.25, 0.3) is 0 Å². The Morgan fingerprint density at radius 2 is 2.25 bits per heavy atom. The van der Waals surface area contributed by atoms with Crippen molar-refractivity contribution in [3.63, 3.8) is 0 Å². The van der Waals surface area contributed by atoms with Crippen LogP contribution in [0.5, 0.6) is 0 Å². The summed E-state index contributed by atoms with van der Waals surface area (Å²) in [5, 5.41) is 14.5. The largest absolute Gasteiger partial charge is 0.480 e. The Balaban J connectivity index is 2.65. The molecule has 0 aromatic rings. The fourth-order valence-corrected chi connectivity index (χ4v) is 2.15. The van der Waals surface area contributed by atoms with Crippen molar-refractivity contribution in [3.05, 3.63) is 0 Å². The summed E-state index contributed by atoms with van der Waals surface area (Å²) >= 11 is 0. The van der Waals surface area contributed by atoms with Gasteiger partial charge in [-0.15, -0.1) is 0 Å². The van der Waals surface area contributed by atoms with Crippen LogP contribution in [-0.4, -0.2) is 35.1 Å². The Bertz CT molecular complexity index is 272. The van der Waals surface area contributed by atoms with Gasteiger partial charge < -0.3 is 15.7 Å². The van der Waals surface area contributed by atoms with Crippen LogP contribution in [0, 0.1) is 0 Å². The monoisotopic (exact) mass is 228 g/mol. The first-order chi connectivity index (χ1) is 7.52. The van der Waals surface area contributed by atoms with E-state index >= 15 is 0 Å². The highest BCUT2D eigenvalue weighted by Gasteiger charge is 2.40. The molecule has 2 unspecified atom stereocenters. The van der Waals surface area contributed by atoms with Crippen LogP contribution in [0.15, 0.2) is 0 Å². The van der Waals surface area contributed by atoms with Gasteiger partial charge in [0.05, 0.1) is 5.54 Å². The van der Waals surface area contributed by atoms with Crippen molar-refractivity contribution in [3.8, 4) is 0 Å². The minimum atomic E-state index is -1.00. The molecule has 5 heteroatoms. The highest BCUT2D eigenvalue weighted by atomic mass is 16.4. The van der Waals surface area contributed by atoms with Crippen molar-refractivity contribution in [1.82, 2.24) is 10.6 Å². The SMILES string of the molecule is CCCC1(C(=O)NC(C)C(=O)O)CCCN1. The van der Waals surface area contributed by atoms with Crippen molar-refractivity contribution in [2.75, 3.05) is 6.54 Å². The van der Waals surface area contributed by atoms with E-state index in [0.29, 0.717) is 0 Å². The van der Waals surface area contributed by atoms with Gasteiger partial charge in [0, 0.05) is 0 Å². The molecule has 1 saturated heterocycles. The summed E-state index contributed by atoms with van der Waals surface area (Å²) in [4.78, 5) is 22.7. The summed E-state index contributed by atoms with van der Waals surface area (Å²) in [6.07, 6.45) is 3.42. The third-order valence-electron chi connectivity index (χ3n) is 3.07. The minimum absolute atomic E-state index is 0.179. The summed E-state index contributed by atoms with van der Waals surface area (Å²) in [5.74, 6) is -1.18. The van der Waals surface area contributed by atoms with Crippen molar-refractivity contribution in [2.24, 2.45) is 0 Å². The van der Waals surface area contributed by atoms with Gasteiger partial charge in [0.1, 0.15) is 6.04 Å². The maximum absolute atomic E-state index is 12.0. The van der Waals surface area contributed by atoms with E-state index in [4.69, 9.17) is 5.11 Å². The second kappa shape index (κ2) is 5.30. The molecule has 0 aromatic carbocycles. The fourth-order valence-electron chi connectivity index (χ4n) is 2.15. The molecule has 1 aliphatic heterocycles.